The Bertz CT molecular complexity index is 1100. The van der Waals surface area contributed by atoms with E-state index in [0.29, 0.717) is 27.8 Å². The van der Waals surface area contributed by atoms with Gasteiger partial charge in [-0.25, -0.2) is 9.50 Å². The fourth-order valence-corrected chi connectivity index (χ4v) is 3.03. The fourth-order valence-electron chi connectivity index (χ4n) is 2.70. The smallest absolute Gasteiger partial charge is 0.310 e. The number of fused-ring (bicyclic) bond motifs is 1. The summed E-state index contributed by atoms with van der Waals surface area (Å²) >= 11 is 1.40. The molecule has 2 amide bonds. The number of hydrogen-bond acceptors (Lipinski definition) is 8. The Morgan fingerprint density at radius 1 is 1.10 bits per heavy atom. The molecule has 0 unspecified atom stereocenters. The third-order valence-electron chi connectivity index (χ3n) is 4.25. The first kappa shape index (κ1) is 21.2. The van der Waals surface area contributed by atoms with Gasteiger partial charge < -0.3 is 4.74 Å². The lowest BCUT2D eigenvalue weighted by atomic mass is 10.1. The van der Waals surface area contributed by atoms with Crippen LogP contribution >= 0.6 is 11.8 Å². The summed E-state index contributed by atoms with van der Waals surface area (Å²) < 4.78 is 6.59. The maximum absolute atomic E-state index is 12.2. The van der Waals surface area contributed by atoms with Gasteiger partial charge in [0.2, 0.25) is 5.16 Å². The zero-order chi connectivity index (χ0) is 21.7. The molecule has 3 aromatic rings. The summed E-state index contributed by atoms with van der Waals surface area (Å²) in [4.78, 5) is 44.6. The number of carbonyl (C=O) groups is 3. The van der Waals surface area contributed by atoms with E-state index in [2.05, 4.69) is 25.9 Å². The predicted molar refractivity (Wildman–Crippen MR) is 109 cm³/mol. The summed E-state index contributed by atoms with van der Waals surface area (Å²) in [7, 11) is 0. The van der Waals surface area contributed by atoms with E-state index in [-0.39, 0.29) is 6.42 Å². The molecule has 0 bridgehead atoms. The average Bonchev–Trinajstić information content (AvgIpc) is 3.17. The van der Waals surface area contributed by atoms with Gasteiger partial charge in [-0.3, -0.25) is 25.2 Å². The summed E-state index contributed by atoms with van der Waals surface area (Å²) in [6.07, 6.45) is 1.79. The number of nitrogens with zero attached hydrogens (tertiary/aromatic N) is 4. The van der Waals surface area contributed by atoms with E-state index < -0.39 is 24.4 Å². The minimum Gasteiger partial charge on any atom is -0.455 e. The number of hydrogen-bond donors (Lipinski definition) is 2. The highest BCUT2D eigenvalue weighted by Gasteiger charge is 2.17. The van der Waals surface area contributed by atoms with Crippen LogP contribution in [0.15, 0.2) is 35.5 Å². The number of hydrazine groups is 1. The van der Waals surface area contributed by atoms with E-state index in [9.17, 15) is 14.4 Å². The minimum absolute atomic E-state index is 0.0707. The molecule has 2 heterocycles. The van der Waals surface area contributed by atoms with Gasteiger partial charge in [0, 0.05) is 22.5 Å². The van der Waals surface area contributed by atoms with Crippen molar-refractivity contribution in [3.8, 4) is 0 Å². The first-order chi connectivity index (χ1) is 14.4. The largest absolute Gasteiger partial charge is 0.455 e. The fraction of sp³-hybridized carbons (Fsp3) is 0.263. The number of nitrogens with one attached hydrogen (secondary N) is 2. The van der Waals surface area contributed by atoms with Crippen LogP contribution in [0, 0.1) is 13.8 Å². The highest BCUT2D eigenvalue weighted by atomic mass is 32.2. The Labute approximate surface area is 176 Å². The molecule has 0 fully saturated rings. The second-order valence-corrected chi connectivity index (χ2v) is 7.05. The molecule has 30 heavy (non-hydrogen) atoms. The third kappa shape index (κ3) is 4.92. The van der Waals surface area contributed by atoms with E-state index >= 15 is 0 Å². The lowest BCUT2D eigenvalue weighted by Gasteiger charge is -2.11. The van der Waals surface area contributed by atoms with Gasteiger partial charge in [0.1, 0.15) is 0 Å². The van der Waals surface area contributed by atoms with Crippen molar-refractivity contribution in [1.82, 2.24) is 30.4 Å². The minimum atomic E-state index is -0.657. The standard InChI is InChI=1S/C19H20N6O4S/c1-11-14(12(2)25-18(20-11)21-19(24-25)30-3)9-16(27)29-10-15(26)22-23-17(28)13-7-5-4-6-8-13/h4-8H,9-10H2,1-3H3,(H,22,26)(H,23,28). The molecule has 0 aliphatic carbocycles. The van der Waals surface area contributed by atoms with Crippen LogP contribution in [0.1, 0.15) is 27.3 Å². The normalized spacial score (nSPS) is 10.6. The van der Waals surface area contributed by atoms with Crippen LogP contribution in [0.25, 0.3) is 5.78 Å². The zero-order valence-corrected chi connectivity index (χ0v) is 17.4. The van der Waals surface area contributed by atoms with E-state index in [1.165, 1.54) is 11.8 Å². The van der Waals surface area contributed by atoms with Crippen molar-refractivity contribution in [2.45, 2.75) is 25.4 Å². The van der Waals surface area contributed by atoms with Crippen molar-refractivity contribution >= 4 is 35.3 Å². The van der Waals surface area contributed by atoms with Gasteiger partial charge in [-0.15, -0.1) is 5.10 Å². The van der Waals surface area contributed by atoms with Gasteiger partial charge in [0.15, 0.2) is 6.61 Å². The van der Waals surface area contributed by atoms with Crippen LogP contribution in [0.5, 0.6) is 0 Å². The Kier molecular flexibility index (Phi) is 6.62. The van der Waals surface area contributed by atoms with Crippen molar-refractivity contribution in [2.24, 2.45) is 0 Å². The van der Waals surface area contributed by atoms with Crippen LogP contribution < -0.4 is 10.9 Å². The maximum Gasteiger partial charge on any atom is 0.310 e. The molecule has 2 N–H and O–H groups in total. The first-order valence-electron chi connectivity index (χ1n) is 8.95. The molecule has 11 heteroatoms. The third-order valence-corrected chi connectivity index (χ3v) is 4.79. The second-order valence-electron chi connectivity index (χ2n) is 6.28. The van der Waals surface area contributed by atoms with Crippen LogP contribution in [-0.4, -0.2) is 50.2 Å². The van der Waals surface area contributed by atoms with Crippen molar-refractivity contribution in [2.75, 3.05) is 12.9 Å². The molecule has 0 saturated heterocycles. The Morgan fingerprint density at radius 2 is 1.83 bits per heavy atom. The van der Waals surface area contributed by atoms with E-state index in [1.54, 1.807) is 41.8 Å². The Balaban J connectivity index is 1.54. The molecule has 10 nitrogen and oxygen atoms in total. The number of thioether (sulfide) groups is 1. The van der Waals surface area contributed by atoms with Gasteiger partial charge in [-0.05, 0) is 32.2 Å². The number of aryl methyl sites for hydroxylation is 2. The number of rotatable bonds is 6. The zero-order valence-electron chi connectivity index (χ0n) is 16.6. The molecule has 0 aliphatic heterocycles. The van der Waals surface area contributed by atoms with Gasteiger partial charge in [-0.2, -0.15) is 4.98 Å². The van der Waals surface area contributed by atoms with Crippen LogP contribution in [-0.2, 0) is 20.7 Å². The van der Waals surface area contributed by atoms with E-state index in [0.717, 1.165) is 5.69 Å². The van der Waals surface area contributed by atoms with Gasteiger partial charge in [0.25, 0.3) is 17.6 Å². The van der Waals surface area contributed by atoms with Gasteiger partial charge in [0.05, 0.1) is 6.42 Å². The first-order valence-corrected chi connectivity index (χ1v) is 10.2. The molecule has 1 aromatic carbocycles. The van der Waals surface area contributed by atoms with Crippen molar-refractivity contribution in [3.05, 3.63) is 52.8 Å². The van der Waals surface area contributed by atoms with E-state index in [1.807, 2.05) is 13.2 Å². The van der Waals surface area contributed by atoms with Crippen LogP contribution in [0.3, 0.4) is 0 Å². The average molecular weight is 428 g/mol. The molecule has 156 valence electrons. The van der Waals surface area contributed by atoms with Gasteiger partial charge in [-0.1, -0.05) is 30.0 Å². The lowest BCUT2D eigenvalue weighted by Crippen LogP contribution is -2.43. The number of carbonyl (C=O) groups excluding carboxylic acids is 3. The lowest BCUT2D eigenvalue weighted by molar-refractivity contribution is -0.148. The molecule has 0 atom stereocenters. The molecule has 0 radical (unpaired) electrons. The topological polar surface area (TPSA) is 128 Å². The molecule has 0 spiro atoms. The van der Waals surface area contributed by atoms with Crippen LogP contribution in [0.4, 0.5) is 0 Å². The van der Waals surface area contributed by atoms with Crippen molar-refractivity contribution < 1.29 is 19.1 Å². The monoisotopic (exact) mass is 428 g/mol. The quantitative estimate of drug-likeness (QED) is 0.338. The number of ether oxygens (including phenoxy) is 1. The Hall–Kier alpha value is -3.47. The summed E-state index contributed by atoms with van der Waals surface area (Å²) in [5, 5.41) is 4.91. The highest BCUT2D eigenvalue weighted by Crippen LogP contribution is 2.17. The molecule has 0 saturated carbocycles. The summed E-state index contributed by atoms with van der Waals surface area (Å²) in [6.45, 7) is 3.06. The maximum atomic E-state index is 12.2. The number of aromatic nitrogens is 4. The van der Waals surface area contributed by atoms with Crippen molar-refractivity contribution in [3.63, 3.8) is 0 Å². The molecule has 0 aliphatic rings. The molecular weight excluding hydrogens is 408 g/mol. The molecule has 3 rings (SSSR count). The predicted octanol–water partition coefficient (Wildman–Crippen LogP) is 1.01. The summed E-state index contributed by atoms with van der Waals surface area (Å²) in [5.74, 6) is -1.27. The number of amides is 2. The Morgan fingerprint density at radius 3 is 2.53 bits per heavy atom. The van der Waals surface area contributed by atoms with Crippen LogP contribution in [0.2, 0.25) is 0 Å². The highest BCUT2D eigenvalue weighted by molar-refractivity contribution is 7.98. The molecular formula is C19H20N6O4S. The summed E-state index contributed by atoms with van der Waals surface area (Å²) in [5.41, 5.74) is 6.87. The van der Waals surface area contributed by atoms with E-state index in [4.69, 9.17) is 4.74 Å². The second kappa shape index (κ2) is 9.35. The molecule has 2 aromatic heterocycles. The summed E-state index contributed by atoms with van der Waals surface area (Å²) in [6, 6.07) is 8.39. The SMILES string of the molecule is CSc1nc2nc(C)c(CC(=O)OCC(=O)NNC(=O)c3ccccc3)c(C)n2n1. The number of esters is 1. The van der Waals surface area contributed by atoms with Gasteiger partial charge >= 0.3 is 5.97 Å². The number of benzene rings is 1. The van der Waals surface area contributed by atoms with Crippen molar-refractivity contribution in [1.29, 1.82) is 0 Å².